The monoisotopic (exact) mass is 370 g/mol. The van der Waals surface area contributed by atoms with E-state index >= 15 is 0 Å². The summed E-state index contributed by atoms with van der Waals surface area (Å²) in [7, 11) is 2.60. The lowest BCUT2D eigenvalue weighted by Gasteiger charge is -2.12. The molecule has 0 amide bonds. The zero-order valence-electron chi connectivity index (χ0n) is 12.4. The Labute approximate surface area is 143 Å². The summed E-state index contributed by atoms with van der Waals surface area (Å²) < 4.78 is 0. The van der Waals surface area contributed by atoms with E-state index in [2.05, 4.69) is 24.0 Å². The van der Waals surface area contributed by atoms with Crippen LogP contribution in [0.15, 0.2) is 69.2 Å². The van der Waals surface area contributed by atoms with Crippen LogP contribution in [-0.2, 0) is 9.59 Å². The van der Waals surface area contributed by atoms with Crippen LogP contribution in [0.25, 0.3) is 0 Å². The molecule has 6 heteroatoms. The molecule has 2 rings (SSSR count). The minimum Gasteiger partial charge on any atom is -0.289 e. The molecule has 0 radical (unpaired) electrons. The van der Waals surface area contributed by atoms with Gasteiger partial charge in [0.25, 0.3) is 0 Å². The minimum absolute atomic E-state index is 0.0209. The lowest BCUT2D eigenvalue weighted by atomic mass is 10.1. The minimum atomic E-state index is -0.474. The maximum absolute atomic E-state index is 11.8. The van der Waals surface area contributed by atoms with Gasteiger partial charge in [-0.3, -0.25) is 9.59 Å². The number of ketones is 2. The molecule has 2 heterocycles. The van der Waals surface area contributed by atoms with E-state index in [4.69, 9.17) is 0 Å². The average molecular weight is 371 g/mol. The van der Waals surface area contributed by atoms with Gasteiger partial charge in [-0.05, 0) is 78.4 Å². The Hall–Kier alpha value is -0.820. The number of carbonyl (C=O) groups excluding carboxylic acids is 2. The highest BCUT2D eigenvalue weighted by atomic mass is 33.7. The lowest BCUT2D eigenvalue weighted by molar-refractivity contribution is -0.112. The van der Waals surface area contributed by atoms with Crippen molar-refractivity contribution < 1.29 is 9.59 Å². The van der Waals surface area contributed by atoms with Gasteiger partial charge in [-0.2, -0.15) is 19.9 Å². The van der Waals surface area contributed by atoms with E-state index in [1.807, 2.05) is 23.0 Å². The van der Waals surface area contributed by atoms with E-state index in [0.29, 0.717) is 11.1 Å². The molecule has 0 saturated heterocycles. The van der Waals surface area contributed by atoms with Gasteiger partial charge >= 0.3 is 0 Å². The summed E-state index contributed by atoms with van der Waals surface area (Å²) >= 11 is 0. The third-order valence-corrected chi connectivity index (χ3v) is 13.3. The molecule has 0 aromatic heterocycles. The highest BCUT2D eigenvalue weighted by Gasteiger charge is 2.17. The molecule has 2 unspecified atom stereocenters. The number of hydrogen-bond donors (Lipinski definition) is 2. The molecule has 0 bridgehead atoms. The highest BCUT2D eigenvalue weighted by Crippen LogP contribution is 2.64. The van der Waals surface area contributed by atoms with Gasteiger partial charge in [0.05, 0.1) is 0 Å². The first-order valence-corrected chi connectivity index (χ1v) is 12.8. The summed E-state index contributed by atoms with van der Waals surface area (Å²) in [6, 6.07) is 0. The zero-order chi connectivity index (χ0) is 16.3. The van der Waals surface area contributed by atoms with Gasteiger partial charge < -0.3 is 0 Å². The van der Waals surface area contributed by atoms with Crippen LogP contribution >= 0.6 is 39.5 Å². The van der Waals surface area contributed by atoms with Crippen molar-refractivity contribution in [2.75, 3.05) is 0 Å². The third kappa shape index (κ3) is 4.35. The molecule has 2 aliphatic rings. The molecule has 0 spiro atoms. The van der Waals surface area contributed by atoms with Crippen LogP contribution in [0.2, 0.25) is 0 Å². The Balaban J connectivity index is 1.89. The van der Waals surface area contributed by atoms with Crippen LogP contribution in [-0.4, -0.2) is 11.6 Å². The molecule has 0 N–H and O–H groups in total. The van der Waals surface area contributed by atoms with Gasteiger partial charge in [-0.25, -0.2) is 0 Å². The van der Waals surface area contributed by atoms with Crippen LogP contribution in [0, 0.1) is 0 Å². The first-order valence-electron chi connectivity index (χ1n) is 6.50. The fraction of sp³-hybridized carbons (Fsp3) is 0.125. The molecular formula is C16H18O2S4. The van der Waals surface area contributed by atoms with E-state index in [9.17, 15) is 9.59 Å². The quantitative estimate of drug-likeness (QED) is 0.361. The normalized spacial score (nSPS) is 25.7. The molecule has 2 aliphatic heterocycles. The topological polar surface area (TPSA) is 34.1 Å². The van der Waals surface area contributed by atoms with Gasteiger partial charge in [0.2, 0.25) is 0 Å². The van der Waals surface area contributed by atoms with Gasteiger partial charge in [-0.1, -0.05) is 13.2 Å². The molecule has 0 aromatic carbocycles. The average Bonchev–Trinajstić information content (AvgIpc) is 3.12. The van der Waals surface area contributed by atoms with E-state index in [1.165, 1.54) is 0 Å². The van der Waals surface area contributed by atoms with Crippen molar-refractivity contribution in [1.29, 1.82) is 0 Å². The van der Waals surface area contributed by atoms with E-state index in [-0.39, 0.29) is 11.6 Å². The summed E-state index contributed by atoms with van der Waals surface area (Å²) in [6.45, 7) is 10.8. The third-order valence-electron chi connectivity index (χ3n) is 2.84. The molecule has 118 valence electrons. The maximum atomic E-state index is 11.8. The Kier molecular flexibility index (Phi) is 6.09. The smallest absolute Gasteiger partial charge is 0.188 e. The van der Waals surface area contributed by atoms with Gasteiger partial charge in [-0.15, -0.1) is 0 Å². The standard InChI is InChI=1S/C16H18O2S4/c1-11(2)15(17)13-5-7-21(9-13)19-20-22-8-6-14(10-22)16(18)12(3)4/h5-10,21-22H,1,3H2,2,4H3. The van der Waals surface area contributed by atoms with Crippen molar-refractivity contribution in [3.63, 3.8) is 0 Å². The molecule has 22 heavy (non-hydrogen) atoms. The summed E-state index contributed by atoms with van der Waals surface area (Å²) in [5.41, 5.74) is 2.63. The van der Waals surface area contributed by atoms with Crippen molar-refractivity contribution in [2.45, 2.75) is 13.8 Å². The SMILES string of the molecule is C=C(C)C(=O)C1=C[SH](SS[SH]2C=CC(C(=O)C(=C)C)=C2)C=C1. The van der Waals surface area contributed by atoms with E-state index in [0.717, 1.165) is 11.1 Å². The van der Waals surface area contributed by atoms with Crippen LogP contribution in [0.3, 0.4) is 0 Å². The number of hydrogen-bond acceptors (Lipinski definition) is 4. The number of rotatable bonds is 7. The molecule has 0 aliphatic carbocycles. The Morgan fingerprint density at radius 3 is 1.55 bits per heavy atom. The Morgan fingerprint density at radius 2 is 1.23 bits per heavy atom. The van der Waals surface area contributed by atoms with Crippen molar-refractivity contribution in [1.82, 2.24) is 0 Å². The van der Waals surface area contributed by atoms with E-state index < -0.39 is 19.9 Å². The summed E-state index contributed by atoms with van der Waals surface area (Å²) in [5.74, 6) is 0.0418. The second-order valence-electron chi connectivity index (χ2n) is 4.89. The van der Waals surface area contributed by atoms with Gasteiger partial charge in [0.15, 0.2) is 11.6 Å². The van der Waals surface area contributed by atoms with Gasteiger partial charge in [0, 0.05) is 11.1 Å². The fourth-order valence-corrected chi connectivity index (χ4v) is 13.0. The van der Waals surface area contributed by atoms with Crippen molar-refractivity contribution >= 4 is 51.1 Å². The van der Waals surface area contributed by atoms with Crippen LogP contribution in [0.4, 0.5) is 0 Å². The number of thiol groups is 2. The zero-order valence-corrected chi connectivity index (χ0v) is 15.8. The largest absolute Gasteiger partial charge is 0.289 e. The van der Waals surface area contributed by atoms with E-state index in [1.54, 1.807) is 33.5 Å². The molecule has 2 atom stereocenters. The summed E-state index contributed by atoms with van der Waals surface area (Å²) in [4.78, 5) is 23.7. The number of Topliss-reactive ketones (excluding diaryl/α,β-unsaturated/α-hetero) is 2. The molecule has 2 nitrogen and oxygen atoms in total. The van der Waals surface area contributed by atoms with Crippen molar-refractivity contribution in [3.05, 3.63) is 69.2 Å². The molecule has 0 fully saturated rings. The fourth-order valence-electron chi connectivity index (χ4n) is 1.68. The Bertz CT molecular complexity index is 610. The van der Waals surface area contributed by atoms with Crippen molar-refractivity contribution in [2.24, 2.45) is 0 Å². The Morgan fingerprint density at radius 1 is 0.864 bits per heavy atom. The van der Waals surface area contributed by atoms with Crippen molar-refractivity contribution in [3.8, 4) is 0 Å². The molecule has 0 saturated carbocycles. The number of allylic oxidation sites excluding steroid dienone is 6. The predicted octanol–water partition coefficient (Wildman–Crippen LogP) is 5.31. The highest BCUT2D eigenvalue weighted by molar-refractivity contribution is 9.32. The molecule has 0 aromatic rings. The first-order chi connectivity index (χ1) is 10.4. The van der Waals surface area contributed by atoms with Crippen LogP contribution < -0.4 is 0 Å². The van der Waals surface area contributed by atoms with Gasteiger partial charge in [0.1, 0.15) is 0 Å². The second-order valence-corrected chi connectivity index (χ2v) is 13.8. The van der Waals surface area contributed by atoms with Crippen LogP contribution in [0.5, 0.6) is 0 Å². The van der Waals surface area contributed by atoms with Crippen LogP contribution in [0.1, 0.15) is 13.8 Å². The molecular weight excluding hydrogens is 352 g/mol. The second kappa shape index (κ2) is 7.64. The number of carbonyl (C=O) groups is 2. The lowest BCUT2D eigenvalue weighted by Crippen LogP contribution is -1.98. The summed E-state index contributed by atoms with van der Waals surface area (Å²) in [6.07, 6.45) is 3.78. The predicted molar refractivity (Wildman–Crippen MR) is 107 cm³/mol. The maximum Gasteiger partial charge on any atom is 0.188 e. The first kappa shape index (κ1) is 17.5. The summed E-state index contributed by atoms with van der Waals surface area (Å²) in [5, 5.41) is 8.23.